The van der Waals surface area contributed by atoms with Crippen LogP contribution in [0.5, 0.6) is 0 Å². The molecule has 0 saturated heterocycles. The Morgan fingerprint density at radius 2 is 0.820 bits per heavy atom. The quantitative estimate of drug-likeness (QED) is 0.161. The Morgan fingerprint density at radius 1 is 0.295 bits per heavy atom. The molecule has 2 heterocycles. The van der Waals surface area contributed by atoms with Crippen molar-refractivity contribution in [3.63, 3.8) is 0 Å². The Labute approximate surface area is 353 Å². The normalized spacial score (nSPS) is 11.6. The highest BCUT2D eigenvalue weighted by Gasteiger charge is 2.17. The topological polar surface area (TPSA) is 21.3 Å². The predicted molar refractivity (Wildman–Crippen MR) is 257 cm³/mol. The Bertz CT molecular complexity index is 3540. The molecule has 0 aliphatic rings. The van der Waals surface area contributed by atoms with Crippen molar-refractivity contribution < 1.29 is 4.42 Å². The average Bonchev–Trinajstić information content (AvgIpc) is 3.88. The Balaban J connectivity index is 0.879. The van der Waals surface area contributed by atoms with E-state index in [0.717, 1.165) is 55.8 Å². The van der Waals surface area contributed by atoms with E-state index in [2.05, 4.69) is 228 Å². The standard InChI is InChI=1S/C58H38N2O/c1-2-12-43-36-50(33-29-39(43)11-1)59(48-15-10-14-45(37-48)46-30-34-54-53-19-5-8-22-57(53)61-58(54)38-46)47-31-27-41(28-32-47)40-23-25-42(26-24-40)44-13-9-16-49(35-44)60-55-20-6-3-17-51(55)52-18-4-7-21-56(52)60/h1-38H. The highest BCUT2D eigenvalue weighted by molar-refractivity contribution is 6.09. The van der Waals surface area contributed by atoms with Gasteiger partial charge < -0.3 is 13.9 Å². The number of nitrogens with zero attached hydrogens (tertiary/aromatic N) is 2. The molecule has 0 spiro atoms. The van der Waals surface area contributed by atoms with Gasteiger partial charge in [0.05, 0.1) is 11.0 Å². The lowest BCUT2D eigenvalue weighted by molar-refractivity contribution is 0.669. The number of anilines is 3. The van der Waals surface area contributed by atoms with Gasteiger partial charge in [-0.15, -0.1) is 0 Å². The molecule has 3 heteroatoms. The summed E-state index contributed by atoms with van der Waals surface area (Å²) in [6, 6.07) is 83.0. The molecule has 0 atom stereocenters. The smallest absolute Gasteiger partial charge is 0.136 e. The van der Waals surface area contributed by atoms with Crippen molar-refractivity contribution in [3.05, 3.63) is 231 Å². The second-order valence-electron chi connectivity index (χ2n) is 15.8. The minimum Gasteiger partial charge on any atom is -0.456 e. The van der Waals surface area contributed by atoms with Crippen molar-refractivity contribution in [3.8, 4) is 39.1 Å². The van der Waals surface area contributed by atoms with Gasteiger partial charge in [0, 0.05) is 44.3 Å². The van der Waals surface area contributed by atoms with E-state index in [1.54, 1.807) is 0 Å². The third kappa shape index (κ3) is 6.06. The summed E-state index contributed by atoms with van der Waals surface area (Å²) in [5.41, 5.74) is 15.6. The van der Waals surface area contributed by atoms with Gasteiger partial charge in [0.2, 0.25) is 0 Å². The van der Waals surface area contributed by atoms with E-state index in [0.29, 0.717) is 0 Å². The molecule has 0 aliphatic heterocycles. The maximum absolute atomic E-state index is 6.28. The van der Waals surface area contributed by atoms with Gasteiger partial charge in [0.15, 0.2) is 0 Å². The van der Waals surface area contributed by atoms with Crippen LogP contribution in [0.1, 0.15) is 0 Å². The summed E-state index contributed by atoms with van der Waals surface area (Å²) in [7, 11) is 0. The number of benzene rings is 10. The first-order valence-corrected chi connectivity index (χ1v) is 20.8. The fraction of sp³-hybridized carbons (Fsp3) is 0. The average molecular weight is 779 g/mol. The lowest BCUT2D eigenvalue weighted by atomic mass is 9.99. The zero-order valence-electron chi connectivity index (χ0n) is 33.2. The molecular formula is C58H38N2O. The molecule has 0 radical (unpaired) electrons. The van der Waals surface area contributed by atoms with E-state index in [1.165, 1.54) is 54.8 Å². The molecule has 10 aromatic carbocycles. The van der Waals surface area contributed by atoms with Crippen LogP contribution in [0, 0.1) is 0 Å². The van der Waals surface area contributed by atoms with Gasteiger partial charge >= 0.3 is 0 Å². The van der Waals surface area contributed by atoms with Crippen LogP contribution in [0.4, 0.5) is 17.1 Å². The second kappa shape index (κ2) is 14.3. The third-order valence-corrected chi connectivity index (χ3v) is 12.2. The molecule has 0 fully saturated rings. The van der Waals surface area contributed by atoms with Crippen LogP contribution in [0.2, 0.25) is 0 Å². The van der Waals surface area contributed by atoms with Crippen molar-refractivity contribution >= 4 is 71.6 Å². The molecule has 0 unspecified atom stereocenters. The summed E-state index contributed by atoms with van der Waals surface area (Å²) in [6.45, 7) is 0. The van der Waals surface area contributed by atoms with Gasteiger partial charge in [-0.2, -0.15) is 0 Å². The number of para-hydroxylation sites is 3. The van der Waals surface area contributed by atoms with Crippen LogP contribution in [0.3, 0.4) is 0 Å². The van der Waals surface area contributed by atoms with Crippen molar-refractivity contribution in [2.45, 2.75) is 0 Å². The minimum absolute atomic E-state index is 0.895. The van der Waals surface area contributed by atoms with Gasteiger partial charge in [-0.1, -0.05) is 152 Å². The molecule has 12 aromatic rings. The molecule has 0 bridgehead atoms. The lowest BCUT2D eigenvalue weighted by Gasteiger charge is -2.26. The van der Waals surface area contributed by atoms with E-state index >= 15 is 0 Å². The van der Waals surface area contributed by atoms with Crippen LogP contribution < -0.4 is 4.90 Å². The lowest BCUT2D eigenvalue weighted by Crippen LogP contribution is -2.10. The van der Waals surface area contributed by atoms with Gasteiger partial charge in [0.1, 0.15) is 11.2 Å². The number of fused-ring (bicyclic) bond motifs is 7. The maximum Gasteiger partial charge on any atom is 0.136 e. The largest absolute Gasteiger partial charge is 0.456 e. The molecule has 2 aromatic heterocycles. The zero-order chi connectivity index (χ0) is 40.3. The van der Waals surface area contributed by atoms with E-state index < -0.39 is 0 Å². The summed E-state index contributed by atoms with van der Waals surface area (Å²) >= 11 is 0. The summed E-state index contributed by atoms with van der Waals surface area (Å²) in [5, 5.41) is 7.23. The first-order chi connectivity index (χ1) is 30.2. The molecule has 286 valence electrons. The summed E-state index contributed by atoms with van der Waals surface area (Å²) < 4.78 is 8.66. The molecule has 0 amide bonds. The van der Waals surface area contributed by atoms with Crippen molar-refractivity contribution in [1.29, 1.82) is 0 Å². The minimum atomic E-state index is 0.895. The SMILES string of the molecule is c1cc(-c2ccc3c(c2)oc2ccccc23)cc(N(c2ccc(-c3ccc(-c4cccc(-n5c6ccccc6c6ccccc65)c4)cc3)cc2)c2ccc3ccccc3c2)c1. The summed E-state index contributed by atoms with van der Waals surface area (Å²) in [5.74, 6) is 0. The highest BCUT2D eigenvalue weighted by Crippen LogP contribution is 2.40. The molecule has 0 saturated carbocycles. The maximum atomic E-state index is 6.28. The van der Waals surface area contributed by atoms with Gasteiger partial charge in [-0.3, -0.25) is 0 Å². The van der Waals surface area contributed by atoms with Crippen molar-refractivity contribution in [1.82, 2.24) is 4.57 Å². The van der Waals surface area contributed by atoms with Gasteiger partial charge in [0.25, 0.3) is 0 Å². The monoisotopic (exact) mass is 778 g/mol. The van der Waals surface area contributed by atoms with Crippen LogP contribution in [-0.2, 0) is 0 Å². The number of furan rings is 1. The first kappa shape index (κ1) is 34.9. The number of hydrogen-bond acceptors (Lipinski definition) is 2. The molecule has 3 nitrogen and oxygen atoms in total. The molecule has 0 N–H and O–H groups in total. The van der Waals surface area contributed by atoms with E-state index in [4.69, 9.17) is 4.42 Å². The first-order valence-electron chi connectivity index (χ1n) is 20.8. The number of hydrogen-bond donors (Lipinski definition) is 0. The van der Waals surface area contributed by atoms with Crippen LogP contribution in [0.25, 0.3) is 93.6 Å². The fourth-order valence-corrected chi connectivity index (χ4v) is 9.18. The van der Waals surface area contributed by atoms with E-state index in [9.17, 15) is 0 Å². The fourth-order valence-electron chi connectivity index (χ4n) is 9.18. The highest BCUT2D eigenvalue weighted by atomic mass is 16.3. The molecule has 61 heavy (non-hydrogen) atoms. The summed E-state index contributed by atoms with van der Waals surface area (Å²) in [6.07, 6.45) is 0. The third-order valence-electron chi connectivity index (χ3n) is 12.2. The number of rotatable bonds is 7. The molecule has 12 rings (SSSR count). The van der Waals surface area contributed by atoms with Gasteiger partial charge in [-0.25, -0.2) is 0 Å². The van der Waals surface area contributed by atoms with E-state index in [-0.39, 0.29) is 0 Å². The summed E-state index contributed by atoms with van der Waals surface area (Å²) in [4.78, 5) is 2.35. The Kier molecular flexibility index (Phi) is 8.17. The van der Waals surface area contributed by atoms with Crippen molar-refractivity contribution in [2.75, 3.05) is 4.90 Å². The van der Waals surface area contributed by atoms with E-state index in [1.807, 2.05) is 12.1 Å². The van der Waals surface area contributed by atoms with Gasteiger partial charge in [-0.05, 0) is 123 Å². The zero-order valence-corrected chi connectivity index (χ0v) is 33.2. The van der Waals surface area contributed by atoms with Crippen molar-refractivity contribution in [2.24, 2.45) is 0 Å². The Morgan fingerprint density at radius 3 is 1.57 bits per heavy atom. The van der Waals surface area contributed by atoms with Crippen LogP contribution >= 0.6 is 0 Å². The molecular weight excluding hydrogens is 741 g/mol. The molecule has 0 aliphatic carbocycles. The van der Waals surface area contributed by atoms with Crippen LogP contribution in [0.15, 0.2) is 235 Å². The second-order valence-corrected chi connectivity index (χ2v) is 15.8. The number of aromatic nitrogens is 1. The predicted octanol–water partition coefficient (Wildman–Crippen LogP) is 16.3. The van der Waals surface area contributed by atoms with Crippen LogP contribution in [-0.4, -0.2) is 4.57 Å². The Hall–Kier alpha value is -8.14.